The SMILES string of the molecule is CCOC(=O)c1ncn(C(C)C(=O)OCc2ccccc2)c1N. The number of aromatic nitrogens is 2. The lowest BCUT2D eigenvalue weighted by atomic mass is 10.2. The fourth-order valence-corrected chi connectivity index (χ4v) is 2.00. The van der Waals surface area contributed by atoms with Crippen molar-refractivity contribution in [2.24, 2.45) is 0 Å². The van der Waals surface area contributed by atoms with Crippen molar-refractivity contribution in [2.45, 2.75) is 26.5 Å². The third kappa shape index (κ3) is 3.88. The van der Waals surface area contributed by atoms with Crippen LogP contribution in [-0.2, 0) is 20.9 Å². The number of rotatable bonds is 6. The van der Waals surface area contributed by atoms with Gasteiger partial charge in [-0.2, -0.15) is 0 Å². The highest BCUT2D eigenvalue weighted by Crippen LogP contribution is 2.19. The zero-order chi connectivity index (χ0) is 16.8. The number of anilines is 1. The van der Waals surface area contributed by atoms with Crippen LogP contribution in [-0.4, -0.2) is 28.1 Å². The van der Waals surface area contributed by atoms with E-state index in [0.717, 1.165) is 5.56 Å². The van der Waals surface area contributed by atoms with Gasteiger partial charge in [0.1, 0.15) is 18.5 Å². The van der Waals surface area contributed by atoms with Crippen molar-refractivity contribution < 1.29 is 19.1 Å². The second-order valence-corrected chi connectivity index (χ2v) is 4.88. The van der Waals surface area contributed by atoms with E-state index in [1.165, 1.54) is 10.9 Å². The summed E-state index contributed by atoms with van der Waals surface area (Å²) in [4.78, 5) is 27.7. The monoisotopic (exact) mass is 317 g/mol. The van der Waals surface area contributed by atoms with E-state index in [4.69, 9.17) is 15.2 Å². The van der Waals surface area contributed by atoms with Crippen LogP contribution in [0.1, 0.15) is 35.9 Å². The molecule has 0 saturated carbocycles. The molecule has 0 aliphatic heterocycles. The van der Waals surface area contributed by atoms with Crippen LogP contribution in [0.25, 0.3) is 0 Å². The van der Waals surface area contributed by atoms with Gasteiger partial charge in [0, 0.05) is 0 Å². The molecule has 1 aromatic heterocycles. The molecule has 2 N–H and O–H groups in total. The van der Waals surface area contributed by atoms with Crippen molar-refractivity contribution in [3.05, 3.63) is 47.9 Å². The first-order valence-electron chi connectivity index (χ1n) is 7.24. The average Bonchev–Trinajstić information content (AvgIpc) is 2.94. The molecule has 0 spiro atoms. The molecule has 2 rings (SSSR count). The first-order chi connectivity index (χ1) is 11.0. The molecule has 122 valence electrons. The third-order valence-corrected chi connectivity index (χ3v) is 3.28. The number of hydrogen-bond donors (Lipinski definition) is 1. The number of nitrogens with two attached hydrogens (primary N) is 1. The molecular formula is C16H19N3O4. The average molecular weight is 317 g/mol. The smallest absolute Gasteiger partial charge is 0.360 e. The number of carbonyl (C=O) groups is 2. The second-order valence-electron chi connectivity index (χ2n) is 4.88. The van der Waals surface area contributed by atoms with Crippen LogP contribution < -0.4 is 5.73 Å². The van der Waals surface area contributed by atoms with Gasteiger partial charge in [-0.25, -0.2) is 14.6 Å². The molecule has 0 saturated heterocycles. The lowest BCUT2D eigenvalue weighted by Gasteiger charge is -2.14. The molecule has 7 heteroatoms. The Bertz CT molecular complexity index is 682. The molecule has 1 aromatic carbocycles. The van der Waals surface area contributed by atoms with Gasteiger partial charge in [0.05, 0.1) is 12.9 Å². The van der Waals surface area contributed by atoms with Crippen LogP contribution in [0.3, 0.4) is 0 Å². The zero-order valence-corrected chi connectivity index (χ0v) is 13.1. The molecule has 0 aliphatic carbocycles. The number of carbonyl (C=O) groups excluding carboxylic acids is 2. The van der Waals surface area contributed by atoms with Crippen LogP contribution in [0.2, 0.25) is 0 Å². The summed E-state index contributed by atoms with van der Waals surface area (Å²) in [6, 6.07) is 8.65. The van der Waals surface area contributed by atoms with E-state index in [1.54, 1.807) is 13.8 Å². The van der Waals surface area contributed by atoms with Crippen LogP contribution in [0, 0.1) is 0 Å². The number of esters is 2. The molecule has 0 bridgehead atoms. The Morgan fingerprint density at radius 2 is 1.96 bits per heavy atom. The highest BCUT2D eigenvalue weighted by molar-refractivity contribution is 5.92. The minimum Gasteiger partial charge on any atom is -0.461 e. The van der Waals surface area contributed by atoms with Crippen molar-refractivity contribution in [2.75, 3.05) is 12.3 Å². The minimum atomic E-state index is -0.700. The van der Waals surface area contributed by atoms with Gasteiger partial charge in [0.25, 0.3) is 0 Å². The lowest BCUT2D eigenvalue weighted by molar-refractivity contribution is -0.148. The molecule has 0 amide bonds. The summed E-state index contributed by atoms with van der Waals surface area (Å²) in [5, 5.41) is 0. The van der Waals surface area contributed by atoms with Crippen LogP contribution >= 0.6 is 0 Å². The van der Waals surface area contributed by atoms with E-state index in [9.17, 15) is 9.59 Å². The highest BCUT2D eigenvalue weighted by atomic mass is 16.5. The van der Waals surface area contributed by atoms with Crippen LogP contribution in [0.15, 0.2) is 36.7 Å². The molecule has 0 aliphatic rings. The van der Waals surface area contributed by atoms with Crippen LogP contribution in [0.5, 0.6) is 0 Å². The Hall–Kier alpha value is -2.83. The fourth-order valence-electron chi connectivity index (χ4n) is 2.00. The Morgan fingerprint density at radius 1 is 1.26 bits per heavy atom. The summed E-state index contributed by atoms with van der Waals surface area (Å²) >= 11 is 0. The van der Waals surface area contributed by atoms with Crippen molar-refractivity contribution >= 4 is 17.8 Å². The number of nitrogen functional groups attached to an aromatic ring is 1. The molecule has 23 heavy (non-hydrogen) atoms. The van der Waals surface area contributed by atoms with Gasteiger partial charge < -0.3 is 19.8 Å². The Kier molecular flexibility index (Phi) is 5.35. The van der Waals surface area contributed by atoms with Gasteiger partial charge in [-0.3, -0.25) is 0 Å². The van der Waals surface area contributed by atoms with E-state index in [-0.39, 0.29) is 24.7 Å². The van der Waals surface area contributed by atoms with Gasteiger partial charge in [-0.1, -0.05) is 30.3 Å². The molecule has 1 unspecified atom stereocenters. The molecule has 1 heterocycles. The van der Waals surface area contributed by atoms with E-state index >= 15 is 0 Å². The summed E-state index contributed by atoms with van der Waals surface area (Å²) in [5.41, 5.74) is 6.76. The summed E-state index contributed by atoms with van der Waals surface area (Å²) in [5.74, 6) is -1.01. The zero-order valence-electron chi connectivity index (χ0n) is 13.1. The van der Waals surface area contributed by atoms with E-state index in [1.807, 2.05) is 30.3 Å². The van der Waals surface area contributed by atoms with E-state index in [0.29, 0.717) is 0 Å². The van der Waals surface area contributed by atoms with Gasteiger partial charge in [0.15, 0.2) is 5.69 Å². The molecule has 2 aromatic rings. The lowest BCUT2D eigenvalue weighted by Crippen LogP contribution is -2.20. The molecule has 0 fully saturated rings. The van der Waals surface area contributed by atoms with Gasteiger partial charge >= 0.3 is 11.9 Å². The van der Waals surface area contributed by atoms with Gasteiger partial charge in [0.2, 0.25) is 0 Å². The quantitative estimate of drug-likeness (QED) is 0.818. The fraction of sp³-hybridized carbons (Fsp3) is 0.312. The largest absolute Gasteiger partial charge is 0.461 e. The predicted octanol–water partition coefficient (Wildman–Crippen LogP) is 1.95. The second kappa shape index (κ2) is 7.44. The van der Waals surface area contributed by atoms with Crippen LogP contribution in [0.4, 0.5) is 5.82 Å². The van der Waals surface area contributed by atoms with E-state index < -0.39 is 18.0 Å². The first kappa shape index (κ1) is 16.5. The third-order valence-electron chi connectivity index (χ3n) is 3.28. The Labute approximate surface area is 134 Å². The summed E-state index contributed by atoms with van der Waals surface area (Å²) in [7, 11) is 0. The molecular weight excluding hydrogens is 298 g/mol. The number of nitrogens with zero attached hydrogens (tertiary/aromatic N) is 2. The molecule has 0 radical (unpaired) electrons. The topological polar surface area (TPSA) is 96.4 Å². The minimum absolute atomic E-state index is 0.00504. The molecule has 1 atom stereocenters. The van der Waals surface area contributed by atoms with Crippen molar-refractivity contribution in [1.82, 2.24) is 9.55 Å². The first-order valence-corrected chi connectivity index (χ1v) is 7.24. The van der Waals surface area contributed by atoms with E-state index in [2.05, 4.69) is 4.98 Å². The molecule has 7 nitrogen and oxygen atoms in total. The Balaban J connectivity index is 2.03. The summed E-state index contributed by atoms with van der Waals surface area (Å²) in [6.07, 6.45) is 1.33. The number of imidazole rings is 1. The van der Waals surface area contributed by atoms with Gasteiger partial charge in [-0.05, 0) is 19.4 Å². The number of ether oxygens (including phenoxy) is 2. The highest BCUT2D eigenvalue weighted by Gasteiger charge is 2.23. The van der Waals surface area contributed by atoms with Crippen molar-refractivity contribution in [3.8, 4) is 0 Å². The van der Waals surface area contributed by atoms with Crippen molar-refractivity contribution in [3.63, 3.8) is 0 Å². The maximum absolute atomic E-state index is 12.1. The normalized spacial score (nSPS) is 11.7. The maximum Gasteiger partial charge on any atom is 0.360 e. The standard InChI is InChI=1S/C16H19N3O4/c1-3-22-16(21)13-14(17)19(10-18-13)11(2)15(20)23-9-12-7-5-4-6-8-12/h4-8,10-11H,3,9,17H2,1-2H3. The summed E-state index contributed by atoms with van der Waals surface area (Å²) in [6.45, 7) is 3.71. The Morgan fingerprint density at radius 3 is 2.61 bits per heavy atom. The maximum atomic E-state index is 12.1. The number of hydrogen-bond acceptors (Lipinski definition) is 6. The number of benzene rings is 1. The predicted molar refractivity (Wildman–Crippen MR) is 83.5 cm³/mol. The van der Waals surface area contributed by atoms with Gasteiger partial charge in [-0.15, -0.1) is 0 Å². The summed E-state index contributed by atoms with van der Waals surface area (Å²) < 4.78 is 11.5. The van der Waals surface area contributed by atoms with Crippen molar-refractivity contribution in [1.29, 1.82) is 0 Å².